The maximum atomic E-state index is 12.4. The van der Waals surface area contributed by atoms with Gasteiger partial charge >= 0.3 is 5.97 Å². The third kappa shape index (κ3) is 6.39. The largest absolute Gasteiger partial charge is 0.452 e. The highest BCUT2D eigenvalue weighted by molar-refractivity contribution is 5.97. The van der Waals surface area contributed by atoms with Gasteiger partial charge in [0.1, 0.15) is 0 Å². The molecule has 0 aliphatic carbocycles. The Labute approximate surface area is 163 Å². The summed E-state index contributed by atoms with van der Waals surface area (Å²) >= 11 is 0. The van der Waals surface area contributed by atoms with E-state index in [9.17, 15) is 19.7 Å². The van der Waals surface area contributed by atoms with Crippen LogP contribution in [-0.4, -0.2) is 30.0 Å². The number of anilines is 1. The Balaban J connectivity index is 2.08. The molecule has 0 heterocycles. The number of hydrogen-bond acceptors (Lipinski definition) is 6. The van der Waals surface area contributed by atoms with Crippen molar-refractivity contribution in [1.29, 1.82) is 0 Å². The van der Waals surface area contributed by atoms with Gasteiger partial charge in [0.15, 0.2) is 6.61 Å². The zero-order valence-electron chi connectivity index (χ0n) is 15.6. The number of unbranched alkanes of at least 4 members (excludes halogenated alkanes) is 1. The number of benzene rings is 2. The highest BCUT2D eigenvalue weighted by atomic mass is 16.6. The molecule has 0 aromatic heterocycles. The SMILES string of the molecule is CCCCNC(=O)COC(=O)c1cc([N+](=O)[O-])ccc1NCc1ccccc1. The number of nitro groups is 1. The van der Waals surface area contributed by atoms with Crippen LogP contribution in [0.2, 0.25) is 0 Å². The third-order valence-electron chi connectivity index (χ3n) is 3.95. The molecule has 2 rings (SSSR count). The second-order valence-corrected chi connectivity index (χ2v) is 6.11. The van der Waals surface area contributed by atoms with Gasteiger partial charge in [-0.2, -0.15) is 0 Å². The standard InChI is InChI=1S/C20H23N3O5/c1-2-3-11-21-19(24)14-28-20(25)17-12-16(23(26)27)9-10-18(17)22-13-15-7-5-4-6-8-15/h4-10,12,22H,2-3,11,13-14H2,1H3,(H,21,24). The first-order valence-electron chi connectivity index (χ1n) is 9.01. The minimum absolute atomic E-state index is 0.00601. The number of nitrogens with one attached hydrogen (secondary N) is 2. The van der Waals surface area contributed by atoms with Crippen LogP contribution >= 0.6 is 0 Å². The van der Waals surface area contributed by atoms with Crippen molar-refractivity contribution < 1.29 is 19.2 Å². The monoisotopic (exact) mass is 385 g/mol. The van der Waals surface area contributed by atoms with E-state index in [2.05, 4.69) is 10.6 Å². The number of hydrogen-bond donors (Lipinski definition) is 2. The predicted molar refractivity (Wildman–Crippen MR) is 105 cm³/mol. The molecule has 0 aliphatic rings. The van der Waals surface area contributed by atoms with Gasteiger partial charge in [0.05, 0.1) is 10.5 Å². The molecular weight excluding hydrogens is 362 g/mol. The zero-order chi connectivity index (χ0) is 20.4. The summed E-state index contributed by atoms with van der Waals surface area (Å²) in [6.07, 6.45) is 1.77. The lowest BCUT2D eigenvalue weighted by atomic mass is 10.1. The van der Waals surface area contributed by atoms with Crippen LogP contribution in [0, 0.1) is 10.1 Å². The highest BCUT2D eigenvalue weighted by Gasteiger charge is 2.19. The summed E-state index contributed by atoms with van der Waals surface area (Å²) in [5.74, 6) is -1.21. The number of nitrogens with zero attached hydrogens (tertiary/aromatic N) is 1. The van der Waals surface area contributed by atoms with E-state index >= 15 is 0 Å². The topological polar surface area (TPSA) is 111 Å². The number of esters is 1. The maximum absolute atomic E-state index is 12.4. The molecule has 0 saturated heterocycles. The number of carbonyl (C=O) groups is 2. The number of carbonyl (C=O) groups excluding carboxylic acids is 2. The van der Waals surface area contributed by atoms with Gasteiger partial charge in [-0.1, -0.05) is 43.7 Å². The van der Waals surface area contributed by atoms with Crippen LogP contribution in [0.5, 0.6) is 0 Å². The van der Waals surface area contributed by atoms with E-state index in [-0.39, 0.29) is 11.3 Å². The van der Waals surface area contributed by atoms with Crippen LogP contribution in [0.3, 0.4) is 0 Å². The number of nitro benzene ring substituents is 1. The van der Waals surface area contributed by atoms with E-state index < -0.39 is 23.4 Å². The Morgan fingerprint density at radius 2 is 1.89 bits per heavy atom. The van der Waals surface area contributed by atoms with E-state index in [1.54, 1.807) is 0 Å². The van der Waals surface area contributed by atoms with Gasteiger partial charge in [-0.3, -0.25) is 14.9 Å². The average molecular weight is 385 g/mol. The molecule has 0 aliphatic heterocycles. The van der Waals surface area contributed by atoms with Crippen molar-refractivity contribution in [2.24, 2.45) is 0 Å². The van der Waals surface area contributed by atoms with Gasteiger partial charge in [0.2, 0.25) is 0 Å². The molecule has 8 heteroatoms. The van der Waals surface area contributed by atoms with Gasteiger partial charge in [-0.15, -0.1) is 0 Å². The van der Waals surface area contributed by atoms with Crippen molar-refractivity contribution >= 4 is 23.3 Å². The number of rotatable bonds is 10. The second kappa shape index (κ2) is 10.7. The Bertz CT molecular complexity index is 824. The van der Waals surface area contributed by atoms with Gasteiger partial charge in [0, 0.05) is 30.9 Å². The fourth-order valence-electron chi connectivity index (χ4n) is 2.43. The first kappa shape index (κ1) is 20.9. The normalized spacial score (nSPS) is 10.2. The number of ether oxygens (including phenoxy) is 1. The number of amides is 1. The summed E-state index contributed by atoms with van der Waals surface area (Å²) in [5.41, 5.74) is 1.15. The Morgan fingerprint density at radius 3 is 2.57 bits per heavy atom. The summed E-state index contributed by atoms with van der Waals surface area (Å²) < 4.78 is 5.03. The summed E-state index contributed by atoms with van der Waals surface area (Å²) in [4.78, 5) is 34.6. The fourth-order valence-corrected chi connectivity index (χ4v) is 2.43. The van der Waals surface area contributed by atoms with Crippen LogP contribution in [-0.2, 0) is 16.1 Å². The lowest BCUT2D eigenvalue weighted by molar-refractivity contribution is -0.384. The fraction of sp³-hybridized carbons (Fsp3) is 0.300. The second-order valence-electron chi connectivity index (χ2n) is 6.11. The van der Waals surface area contributed by atoms with Crippen LogP contribution < -0.4 is 10.6 Å². The van der Waals surface area contributed by atoms with Crippen molar-refractivity contribution in [3.8, 4) is 0 Å². The average Bonchev–Trinajstić information content (AvgIpc) is 2.71. The molecule has 0 unspecified atom stereocenters. The molecule has 1 amide bonds. The summed E-state index contributed by atoms with van der Waals surface area (Å²) in [7, 11) is 0. The first-order valence-corrected chi connectivity index (χ1v) is 9.01. The quantitative estimate of drug-likeness (QED) is 0.281. The van der Waals surface area contributed by atoms with E-state index in [0.717, 1.165) is 24.5 Å². The Morgan fingerprint density at radius 1 is 1.14 bits per heavy atom. The smallest absolute Gasteiger partial charge is 0.341 e. The predicted octanol–water partition coefficient (Wildman–Crippen LogP) is 3.28. The Kier molecular flexibility index (Phi) is 7.95. The van der Waals surface area contributed by atoms with Crippen molar-refractivity contribution in [3.63, 3.8) is 0 Å². The van der Waals surface area contributed by atoms with E-state index in [1.807, 2.05) is 37.3 Å². The molecule has 0 atom stereocenters. The molecule has 2 N–H and O–H groups in total. The Hall–Kier alpha value is -3.42. The van der Waals surface area contributed by atoms with E-state index in [4.69, 9.17) is 4.74 Å². The molecule has 0 spiro atoms. The van der Waals surface area contributed by atoms with Crippen LogP contribution in [0.1, 0.15) is 35.7 Å². The maximum Gasteiger partial charge on any atom is 0.341 e. The van der Waals surface area contributed by atoms with Gasteiger partial charge in [-0.25, -0.2) is 4.79 Å². The van der Waals surface area contributed by atoms with Crippen LogP contribution in [0.25, 0.3) is 0 Å². The molecule has 0 fully saturated rings. The lowest BCUT2D eigenvalue weighted by Crippen LogP contribution is -2.29. The minimum atomic E-state index is -0.801. The number of non-ortho nitro benzene ring substituents is 1. The molecule has 2 aromatic rings. The third-order valence-corrected chi connectivity index (χ3v) is 3.95. The molecule has 0 saturated carbocycles. The lowest BCUT2D eigenvalue weighted by Gasteiger charge is -2.12. The van der Waals surface area contributed by atoms with Crippen LogP contribution in [0.4, 0.5) is 11.4 Å². The summed E-state index contributed by atoms with van der Waals surface area (Å²) in [6.45, 7) is 2.49. The molecule has 0 bridgehead atoms. The highest BCUT2D eigenvalue weighted by Crippen LogP contribution is 2.23. The molecular formula is C20H23N3O5. The van der Waals surface area contributed by atoms with E-state index in [0.29, 0.717) is 18.8 Å². The van der Waals surface area contributed by atoms with Crippen molar-refractivity contribution in [2.45, 2.75) is 26.3 Å². The summed E-state index contributed by atoms with van der Waals surface area (Å²) in [5, 5.41) is 16.8. The molecule has 0 radical (unpaired) electrons. The van der Waals surface area contributed by atoms with Gasteiger partial charge in [0.25, 0.3) is 11.6 Å². The summed E-state index contributed by atoms with van der Waals surface area (Å²) in [6, 6.07) is 13.4. The van der Waals surface area contributed by atoms with Crippen molar-refractivity contribution in [3.05, 3.63) is 69.8 Å². The van der Waals surface area contributed by atoms with Crippen molar-refractivity contribution in [2.75, 3.05) is 18.5 Å². The zero-order valence-corrected chi connectivity index (χ0v) is 15.6. The molecule has 148 valence electrons. The van der Waals surface area contributed by atoms with Crippen molar-refractivity contribution in [1.82, 2.24) is 5.32 Å². The van der Waals surface area contributed by atoms with E-state index in [1.165, 1.54) is 12.1 Å². The first-order chi connectivity index (χ1) is 13.5. The van der Waals surface area contributed by atoms with Gasteiger partial charge in [-0.05, 0) is 18.1 Å². The minimum Gasteiger partial charge on any atom is -0.452 e. The van der Waals surface area contributed by atoms with Crippen LogP contribution in [0.15, 0.2) is 48.5 Å². The molecule has 8 nitrogen and oxygen atoms in total. The van der Waals surface area contributed by atoms with Gasteiger partial charge < -0.3 is 15.4 Å². The molecule has 28 heavy (non-hydrogen) atoms. The molecule has 2 aromatic carbocycles.